The quantitative estimate of drug-likeness (QED) is 0.843. The summed E-state index contributed by atoms with van der Waals surface area (Å²) in [5.74, 6) is -2.46. The molecule has 1 aromatic rings. The Balaban J connectivity index is 2.01. The van der Waals surface area contributed by atoms with Gasteiger partial charge in [-0.2, -0.15) is 13.2 Å². The van der Waals surface area contributed by atoms with Crippen molar-refractivity contribution in [3.8, 4) is 0 Å². The summed E-state index contributed by atoms with van der Waals surface area (Å²) in [6, 6.07) is 0. The van der Waals surface area contributed by atoms with E-state index in [4.69, 9.17) is 0 Å². The van der Waals surface area contributed by atoms with E-state index in [1.807, 2.05) is 0 Å². The Labute approximate surface area is 116 Å². The number of anilines is 1. The Bertz CT molecular complexity index is 511. The van der Waals surface area contributed by atoms with Crippen LogP contribution in [0.15, 0.2) is 5.38 Å². The molecule has 2 rings (SSSR count). The van der Waals surface area contributed by atoms with Crippen molar-refractivity contribution in [2.75, 3.05) is 31.5 Å². The van der Waals surface area contributed by atoms with E-state index in [2.05, 4.69) is 10.3 Å². The van der Waals surface area contributed by atoms with Gasteiger partial charge in [0.1, 0.15) is 5.69 Å². The Morgan fingerprint density at radius 3 is 2.60 bits per heavy atom. The van der Waals surface area contributed by atoms with Crippen LogP contribution in [-0.4, -0.2) is 54.1 Å². The number of carbonyl (C=O) groups is 2. The summed E-state index contributed by atoms with van der Waals surface area (Å²) in [5, 5.41) is 5.78. The molecule has 0 aliphatic carbocycles. The van der Waals surface area contributed by atoms with E-state index in [1.165, 1.54) is 5.38 Å². The van der Waals surface area contributed by atoms with Crippen molar-refractivity contribution >= 4 is 28.3 Å². The van der Waals surface area contributed by atoms with Crippen LogP contribution < -0.4 is 10.6 Å². The molecule has 6 nitrogen and oxygen atoms in total. The van der Waals surface area contributed by atoms with E-state index >= 15 is 0 Å². The molecule has 1 saturated heterocycles. The third-order valence-corrected chi connectivity index (χ3v) is 3.36. The first-order valence-corrected chi connectivity index (χ1v) is 6.59. The van der Waals surface area contributed by atoms with Crippen LogP contribution in [0, 0.1) is 0 Å². The zero-order chi connectivity index (χ0) is 14.8. The van der Waals surface area contributed by atoms with Crippen LogP contribution in [0.2, 0.25) is 0 Å². The number of halogens is 3. The molecule has 0 radical (unpaired) electrons. The fourth-order valence-corrected chi connectivity index (χ4v) is 2.31. The number of amides is 2. The molecule has 10 heteroatoms. The van der Waals surface area contributed by atoms with Gasteiger partial charge in [0.2, 0.25) is 0 Å². The average molecular weight is 308 g/mol. The lowest BCUT2D eigenvalue weighted by Crippen LogP contribution is -2.46. The van der Waals surface area contributed by atoms with Gasteiger partial charge in [-0.25, -0.2) is 4.98 Å². The molecule has 2 amide bonds. The lowest BCUT2D eigenvalue weighted by molar-refractivity contribution is -0.167. The number of nitrogens with zero attached hydrogens (tertiary/aromatic N) is 2. The maximum atomic E-state index is 12.1. The van der Waals surface area contributed by atoms with E-state index in [9.17, 15) is 22.8 Å². The first kappa shape index (κ1) is 14.7. The van der Waals surface area contributed by atoms with Crippen LogP contribution in [-0.2, 0) is 4.79 Å². The highest BCUT2D eigenvalue weighted by Gasteiger charge is 2.39. The number of thiazole rings is 1. The molecule has 0 saturated carbocycles. The number of alkyl halides is 3. The van der Waals surface area contributed by atoms with Gasteiger partial charge in [-0.15, -0.1) is 11.3 Å². The molecule has 0 aromatic carbocycles. The molecule has 0 atom stereocenters. The van der Waals surface area contributed by atoms with Gasteiger partial charge in [0.05, 0.1) is 0 Å². The number of hydrogen-bond acceptors (Lipinski definition) is 5. The SMILES string of the molecule is O=C(c1csc(NC(=O)C(F)(F)F)n1)N1CCNCC1. The van der Waals surface area contributed by atoms with Crippen molar-refractivity contribution in [2.24, 2.45) is 0 Å². The monoisotopic (exact) mass is 308 g/mol. The van der Waals surface area contributed by atoms with Gasteiger partial charge in [0.25, 0.3) is 5.91 Å². The maximum Gasteiger partial charge on any atom is 0.471 e. The molecule has 0 spiro atoms. The summed E-state index contributed by atoms with van der Waals surface area (Å²) in [5.41, 5.74) is 0.0365. The van der Waals surface area contributed by atoms with Crippen molar-refractivity contribution in [1.82, 2.24) is 15.2 Å². The van der Waals surface area contributed by atoms with Gasteiger partial charge in [-0.1, -0.05) is 0 Å². The number of piperazine rings is 1. The first-order chi connectivity index (χ1) is 9.38. The van der Waals surface area contributed by atoms with Crippen LogP contribution >= 0.6 is 11.3 Å². The fourth-order valence-electron chi connectivity index (χ4n) is 1.63. The number of carbonyl (C=O) groups excluding carboxylic acids is 2. The molecule has 1 aliphatic heterocycles. The Kier molecular flexibility index (Phi) is 4.23. The molecule has 0 bridgehead atoms. The van der Waals surface area contributed by atoms with Crippen molar-refractivity contribution in [3.63, 3.8) is 0 Å². The number of hydrogen-bond donors (Lipinski definition) is 2. The normalized spacial score (nSPS) is 16.1. The van der Waals surface area contributed by atoms with Crippen LogP contribution in [0.3, 0.4) is 0 Å². The minimum absolute atomic E-state index is 0.0365. The second-order valence-corrected chi connectivity index (χ2v) is 4.89. The minimum atomic E-state index is -4.98. The molecule has 0 unspecified atom stereocenters. The van der Waals surface area contributed by atoms with E-state index in [0.29, 0.717) is 26.2 Å². The van der Waals surface area contributed by atoms with Crippen molar-refractivity contribution in [3.05, 3.63) is 11.1 Å². The molecule has 2 N–H and O–H groups in total. The number of nitrogens with one attached hydrogen (secondary N) is 2. The second-order valence-electron chi connectivity index (χ2n) is 4.03. The third-order valence-electron chi connectivity index (χ3n) is 2.61. The van der Waals surface area contributed by atoms with Crippen LogP contribution in [0.1, 0.15) is 10.5 Å². The topological polar surface area (TPSA) is 74.3 Å². The van der Waals surface area contributed by atoms with Gasteiger partial charge in [0, 0.05) is 31.6 Å². The molecule has 2 heterocycles. The molecule has 110 valence electrons. The highest BCUT2D eigenvalue weighted by molar-refractivity contribution is 7.14. The molecular weight excluding hydrogens is 297 g/mol. The van der Waals surface area contributed by atoms with Crippen LogP contribution in [0.4, 0.5) is 18.3 Å². The van der Waals surface area contributed by atoms with Crippen LogP contribution in [0.25, 0.3) is 0 Å². The first-order valence-electron chi connectivity index (χ1n) is 5.71. The number of rotatable bonds is 2. The van der Waals surface area contributed by atoms with Gasteiger partial charge < -0.3 is 10.2 Å². The van der Waals surface area contributed by atoms with Gasteiger partial charge >= 0.3 is 12.1 Å². The Hall–Kier alpha value is -1.68. The van der Waals surface area contributed by atoms with E-state index in [0.717, 1.165) is 11.3 Å². The zero-order valence-electron chi connectivity index (χ0n) is 10.2. The van der Waals surface area contributed by atoms with E-state index in [1.54, 1.807) is 10.2 Å². The number of aromatic nitrogens is 1. The predicted octanol–water partition coefficient (Wildman–Crippen LogP) is 0.689. The highest BCUT2D eigenvalue weighted by Crippen LogP contribution is 2.21. The lowest BCUT2D eigenvalue weighted by atomic mass is 10.3. The van der Waals surface area contributed by atoms with Crippen LogP contribution in [0.5, 0.6) is 0 Å². The summed E-state index contributed by atoms with van der Waals surface area (Å²) in [7, 11) is 0. The molecule has 20 heavy (non-hydrogen) atoms. The summed E-state index contributed by atoms with van der Waals surface area (Å²) in [6.45, 7) is 2.35. The van der Waals surface area contributed by atoms with Crippen molar-refractivity contribution in [1.29, 1.82) is 0 Å². The van der Waals surface area contributed by atoms with Gasteiger partial charge in [0.15, 0.2) is 5.13 Å². The Morgan fingerprint density at radius 2 is 2.00 bits per heavy atom. The van der Waals surface area contributed by atoms with Crippen molar-refractivity contribution in [2.45, 2.75) is 6.18 Å². The van der Waals surface area contributed by atoms with Gasteiger partial charge in [-0.05, 0) is 0 Å². The van der Waals surface area contributed by atoms with Crippen molar-refractivity contribution < 1.29 is 22.8 Å². The molecular formula is C10H11F3N4O2S. The van der Waals surface area contributed by atoms with E-state index in [-0.39, 0.29) is 16.7 Å². The average Bonchev–Trinajstić information content (AvgIpc) is 2.86. The predicted molar refractivity (Wildman–Crippen MR) is 65.6 cm³/mol. The highest BCUT2D eigenvalue weighted by atomic mass is 32.1. The summed E-state index contributed by atoms with van der Waals surface area (Å²) in [6.07, 6.45) is -4.98. The zero-order valence-corrected chi connectivity index (χ0v) is 11.0. The standard InChI is InChI=1S/C10H11F3N4O2S/c11-10(12,13)8(19)16-9-15-6(5-20-9)7(18)17-3-1-14-2-4-17/h5,14H,1-4H2,(H,15,16,19). The van der Waals surface area contributed by atoms with Gasteiger partial charge in [-0.3, -0.25) is 14.9 Å². The largest absolute Gasteiger partial charge is 0.471 e. The summed E-state index contributed by atoms with van der Waals surface area (Å²) < 4.78 is 36.2. The molecule has 1 aromatic heterocycles. The smallest absolute Gasteiger partial charge is 0.335 e. The minimum Gasteiger partial charge on any atom is -0.335 e. The summed E-state index contributed by atoms with van der Waals surface area (Å²) >= 11 is 0.780. The Morgan fingerprint density at radius 1 is 1.35 bits per heavy atom. The third kappa shape index (κ3) is 3.45. The van der Waals surface area contributed by atoms with E-state index < -0.39 is 12.1 Å². The summed E-state index contributed by atoms with van der Waals surface area (Å²) in [4.78, 5) is 28.0. The second kappa shape index (κ2) is 5.75. The molecule has 1 fully saturated rings. The molecule has 1 aliphatic rings. The fraction of sp³-hybridized carbons (Fsp3) is 0.500. The maximum absolute atomic E-state index is 12.1. The lowest BCUT2D eigenvalue weighted by Gasteiger charge is -2.26.